The van der Waals surface area contributed by atoms with Gasteiger partial charge in [0.1, 0.15) is 10.7 Å². The second-order valence-corrected chi connectivity index (χ2v) is 6.77. The average Bonchev–Trinajstić information content (AvgIpc) is 2.43. The van der Waals surface area contributed by atoms with E-state index in [1.54, 1.807) is 31.5 Å². The van der Waals surface area contributed by atoms with Gasteiger partial charge in [0.25, 0.3) is 0 Å². The number of hydrogen-bond donors (Lipinski definition) is 1. The zero-order chi connectivity index (χ0) is 15.6. The number of halogens is 1. The summed E-state index contributed by atoms with van der Waals surface area (Å²) in [5.74, 6) is -0.806. The van der Waals surface area contributed by atoms with Crippen LogP contribution in [0.4, 0.5) is 10.1 Å². The highest BCUT2D eigenvalue weighted by molar-refractivity contribution is 7.89. The first-order valence-corrected chi connectivity index (χ1v) is 7.67. The molecule has 5 nitrogen and oxygen atoms in total. The Kier molecular flexibility index (Phi) is 4.24. The third-order valence-corrected chi connectivity index (χ3v) is 4.96. The number of nitrogens with two attached hydrogens (primary N) is 1. The SMILES string of the molecule is Cc1cc(F)c(S(=O)(=O)N(C)Cc2cccnc2)cc1N. The number of sulfonamides is 1. The second-order valence-electron chi connectivity index (χ2n) is 4.76. The molecule has 0 spiro atoms. The van der Waals surface area contributed by atoms with Gasteiger partial charge in [-0.25, -0.2) is 12.8 Å². The molecule has 0 atom stereocenters. The molecule has 0 aliphatic heterocycles. The Morgan fingerprint density at radius 3 is 2.71 bits per heavy atom. The van der Waals surface area contributed by atoms with E-state index in [1.165, 1.54) is 7.05 Å². The molecule has 0 unspecified atom stereocenters. The van der Waals surface area contributed by atoms with Crippen molar-refractivity contribution in [1.29, 1.82) is 0 Å². The molecular weight excluding hydrogens is 293 g/mol. The van der Waals surface area contributed by atoms with Crippen LogP contribution in [-0.2, 0) is 16.6 Å². The lowest BCUT2D eigenvalue weighted by Crippen LogP contribution is -2.27. The summed E-state index contributed by atoms with van der Waals surface area (Å²) in [6, 6.07) is 5.74. The Bertz CT molecular complexity index is 748. The highest BCUT2D eigenvalue weighted by atomic mass is 32.2. The van der Waals surface area contributed by atoms with E-state index in [2.05, 4.69) is 4.98 Å². The van der Waals surface area contributed by atoms with Gasteiger partial charge in [-0.3, -0.25) is 4.98 Å². The standard InChI is InChI=1S/C14H16FN3O2S/c1-10-6-12(15)14(7-13(10)16)21(19,20)18(2)9-11-4-3-5-17-8-11/h3-8H,9,16H2,1-2H3. The van der Waals surface area contributed by atoms with Crippen molar-refractivity contribution in [3.63, 3.8) is 0 Å². The van der Waals surface area contributed by atoms with Gasteiger partial charge in [0.05, 0.1) is 0 Å². The lowest BCUT2D eigenvalue weighted by Gasteiger charge is -2.18. The molecule has 0 saturated heterocycles. The number of benzene rings is 1. The zero-order valence-electron chi connectivity index (χ0n) is 11.7. The first-order valence-electron chi connectivity index (χ1n) is 6.23. The summed E-state index contributed by atoms with van der Waals surface area (Å²) in [7, 11) is -2.57. The van der Waals surface area contributed by atoms with Crippen molar-refractivity contribution in [3.05, 3.63) is 53.6 Å². The molecule has 2 N–H and O–H groups in total. The molecule has 2 rings (SSSR count). The van der Waals surface area contributed by atoms with Gasteiger partial charge < -0.3 is 5.73 Å². The van der Waals surface area contributed by atoms with E-state index in [4.69, 9.17) is 5.73 Å². The zero-order valence-corrected chi connectivity index (χ0v) is 12.6. The van der Waals surface area contributed by atoms with Gasteiger partial charge in [0.2, 0.25) is 10.0 Å². The second kappa shape index (κ2) is 5.79. The van der Waals surface area contributed by atoms with Crippen molar-refractivity contribution in [3.8, 4) is 0 Å². The summed E-state index contributed by atoms with van der Waals surface area (Å²) in [4.78, 5) is 3.50. The van der Waals surface area contributed by atoms with Crippen LogP contribution in [0, 0.1) is 12.7 Å². The van der Waals surface area contributed by atoms with E-state index in [0.717, 1.165) is 16.4 Å². The molecular formula is C14H16FN3O2S. The minimum atomic E-state index is -3.96. The molecule has 0 amide bonds. The molecule has 0 fully saturated rings. The fraction of sp³-hybridized carbons (Fsp3) is 0.214. The smallest absolute Gasteiger partial charge is 0.246 e. The van der Waals surface area contributed by atoms with E-state index in [1.807, 2.05) is 0 Å². The van der Waals surface area contributed by atoms with Crippen LogP contribution in [-0.4, -0.2) is 24.8 Å². The number of anilines is 1. The van der Waals surface area contributed by atoms with E-state index in [9.17, 15) is 12.8 Å². The van der Waals surface area contributed by atoms with Crippen LogP contribution in [0.25, 0.3) is 0 Å². The van der Waals surface area contributed by atoms with Crippen molar-refractivity contribution >= 4 is 15.7 Å². The minimum absolute atomic E-state index is 0.101. The summed E-state index contributed by atoms with van der Waals surface area (Å²) in [5.41, 5.74) is 7.13. The molecule has 0 aliphatic rings. The van der Waals surface area contributed by atoms with Crippen molar-refractivity contribution in [1.82, 2.24) is 9.29 Å². The van der Waals surface area contributed by atoms with Crippen LogP contribution in [0.2, 0.25) is 0 Å². The summed E-state index contributed by atoms with van der Waals surface area (Å²) in [6.45, 7) is 1.72. The average molecular weight is 309 g/mol. The van der Waals surface area contributed by atoms with Crippen molar-refractivity contribution in [2.45, 2.75) is 18.4 Å². The molecule has 1 heterocycles. The van der Waals surface area contributed by atoms with Crippen LogP contribution in [0.5, 0.6) is 0 Å². The Labute approximate surface area is 123 Å². The van der Waals surface area contributed by atoms with Crippen LogP contribution in [0.15, 0.2) is 41.6 Å². The molecule has 1 aromatic carbocycles. The van der Waals surface area contributed by atoms with Crippen LogP contribution in [0.1, 0.15) is 11.1 Å². The first-order chi connectivity index (χ1) is 9.82. The number of hydrogen-bond acceptors (Lipinski definition) is 4. The van der Waals surface area contributed by atoms with Crippen LogP contribution in [0.3, 0.4) is 0 Å². The van der Waals surface area contributed by atoms with Gasteiger partial charge in [-0.15, -0.1) is 0 Å². The maximum absolute atomic E-state index is 14.0. The lowest BCUT2D eigenvalue weighted by molar-refractivity contribution is 0.459. The van der Waals surface area contributed by atoms with Crippen LogP contribution < -0.4 is 5.73 Å². The fourth-order valence-electron chi connectivity index (χ4n) is 1.87. The number of pyridine rings is 1. The molecule has 0 bridgehead atoms. The molecule has 0 aliphatic carbocycles. The van der Waals surface area contributed by atoms with Gasteiger partial charge in [-0.2, -0.15) is 4.31 Å². The Hall–Kier alpha value is -1.99. The third kappa shape index (κ3) is 3.20. The molecule has 2 aromatic rings. The predicted octanol–water partition coefficient (Wildman–Crippen LogP) is 1.93. The van der Waals surface area contributed by atoms with E-state index in [0.29, 0.717) is 11.1 Å². The van der Waals surface area contributed by atoms with Gasteiger partial charge in [-0.05, 0) is 36.2 Å². The van der Waals surface area contributed by atoms with Crippen molar-refractivity contribution in [2.24, 2.45) is 0 Å². The van der Waals surface area contributed by atoms with E-state index in [-0.39, 0.29) is 12.2 Å². The Morgan fingerprint density at radius 1 is 1.38 bits per heavy atom. The summed E-state index contributed by atoms with van der Waals surface area (Å²) in [5, 5.41) is 0. The molecule has 112 valence electrons. The van der Waals surface area contributed by atoms with E-state index >= 15 is 0 Å². The number of aromatic nitrogens is 1. The van der Waals surface area contributed by atoms with Crippen LogP contribution >= 0.6 is 0 Å². The molecule has 1 aromatic heterocycles. The highest BCUT2D eigenvalue weighted by Crippen LogP contribution is 2.24. The van der Waals surface area contributed by atoms with Gasteiger partial charge in [0, 0.05) is 31.7 Å². The van der Waals surface area contributed by atoms with Gasteiger partial charge >= 0.3 is 0 Å². The molecule has 0 saturated carbocycles. The maximum Gasteiger partial charge on any atom is 0.246 e. The lowest BCUT2D eigenvalue weighted by atomic mass is 10.2. The Morgan fingerprint density at radius 2 is 2.10 bits per heavy atom. The first kappa shape index (κ1) is 15.4. The van der Waals surface area contributed by atoms with Gasteiger partial charge in [-0.1, -0.05) is 6.07 Å². The monoisotopic (exact) mass is 309 g/mol. The fourth-order valence-corrected chi connectivity index (χ4v) is 3.10. The maximum atomic E-state index is 14.0. The van der Waals surface area contributed by atoms with Gasteiger partial charge in [0.15, 0.2) is 0 Å². The number of rotatable bonds is 4. The molecule has 7 heteroatoms. The molecule has 21 heavy (non-hydrogen) atoms. The summed E-state index contributed by atoms with van der Waals surface area (Å²) < 4.78 is 39.9. The molecule has 0 radical (unpaired) electrons. The number of aryl methyl sites for hydroxylation is 1. The number of nitrogen functional groups attached to an aromatic ring is 1. The van der Waals surface area contributed by atoms with Crippen molar-refractivity contribution in [2.75, 3.05) is 12.8 Å². The topological polar surface area (TPSA) is 76.3 Å². The van der Waals surface area contributed by atoms with Crippen molar-refractivity contribution < 1.29 is 12.8 Å². The third-order valence-electron chi connectivity index (χ3n) is 3.14. The summed E-state index contributed by atoms with van der Waals surface area (Å²) in [6.07, 6.45) is 3.16. The summed E-state index contributed by atoms with van der Waals surface area (Å²) >= 11 is 0. The normalized spacial score (nSPS) is 11.8. The minimum Gasteiger partial charge on any atom is -0.398 e. The quantitative estimate of drug-likeness (QED) is 0.876. The highest BCUT2D eigenvalue weighted by Gasteiger charge is 2.25. The predicted molar refractivity (Wildman–Crippen MR) is 78.4 cm³/mol. The Balaban J connectivity index is 2.36. The van der Waals surface area contributed by atoms with E-state index < -0.39 is 20.7 Å². The largest absolute Gasteiger partial charge is 0.398 e. The number of nitrogens with zero attached hydrogens (tertiary/aromatic N) is 2.